The molecule has 1 unspecified atom stereocenters. The number of hydrogen-bond acceptors (Lipinski definition) is 4. The van der Waals surface area contributed by atoms with E-state index >= 15 is 0 Å². The molecule has 0 aliphatic carbocycles. The van der Waals surface area contributed by atoms with E-state index < -0.39 is 5.97 Å². The zero-order valence-electron chi connectivity index (χ0n) is 10.8. The van der Waals surface area contributed by atoms with E-state index in [1.807, 2.05) is 19.1 Å². The van der Waals surface area contributed by atoms with Crippen LogP contribution in [0.2, 0.25) is 0 Å². The van der Waals surface area contributed by atoms with Crippen molar-refractivity contribution >= 4 is 17.0 Å². The highest BCUT2D eigenvalue weighted by atomic mass is 16.4. The molecule has 6 nitrogen and oxygen atoms in total. The topological polar surface area (TPSA) is 80.9 Å². The maximum Gasteiger partial charge on any atom is 0.337 e. The predicted octanol–water partition coefficient (Wildman–Crippen LogP) is 2.13. The summed E-state index contributed by atoms with van der Waals surface area (Å²) in [5.74, 6) is -0.991. The van der Waals surface area contributed by atoms with Crippen molar-refractivity contribution in [1.29, 1.82) is 0 Å². The summed E-state index contributed by atoms with van der Waals surface area (Å²) < 4.78 is 1.77. The number of aromatic carboxylic acids is 1. The first-order valence-electron chi connectivity index (χ1n) is 6.13. The molecular formula is C14H12N4O2. The van der Waals surface area contributed by atoms with Crippen molar-refractivity contribution < 1.29 is 9.90 Å². The molecule has 0 saturated heterocycles. The van der Waals surface area contributed by atoms with Crippen molar-refractivity contribution in [2.24, 2.45) is 0 Å². The van der Waals surface area contributed by atoms with Crippen molar-refractivity contribution in [2.45, 2.75) is 13.0 Å². The normalized spacial score (nSPS) is 12.4. The highest BCUT2D eigenvalue weighted by Gasteiger charge is 2.14. The molecule has 3 heterocycles. The summed E-state index contributed by atoms with van der Waals surface area (Å²) in [5, 5.41) is 14.0. The molecule has 0 spiro atoms. The number of nitrogens with zero attached hydrogens (tertiary/aromatic N) is 4. The molecule has 0 fully saturated rings. The standard InChI is InChI=1S/C14H12N4O2/c1-9(10-2-4-15-5-3-10)18-13-11(8-17-18)6-12(7-16-13)14(19)20/h2-9H,1H3,(H,19,20). The maximum atomic E-state index is 10.9. The molecule has 1 N–H and O–H groups in total. The molecule has 3 rings (SSSR count). The van der Waals surface area contributed by atoms with Crippen molar-refractivity contribution in [3.8, 4) is 0 Å². The van der Waals surface area contributed by atoms with Gasteiger partial charge < -0.3 is 5.11 Å². The molecule has 20 heavy (non-hydrogen) atoms. The van der Waals surface area contributed by atoms with E-state index in [4.69, 9.17) is 5.11 Å². The Labute approximate surface area is 114 Å². The van der Waals surface area contributed by atoms with Gasteiger partial charge in [-0.2, -0.15) is 5.10 Å². The fourth-order valence-electron chi connectivity index (χ4n) is 2.12. The van der Waals surface area contributed by atoms with Crippen LogP contribution in [-0.4, -0.2) is 30.8 Å². The van der Waals surface area contributed by atoms with Crippen LogP contribution in [0.5, 0.6) is 0 Å². The van der Waals surface area contributed by atoms with E-state index in [0.29, 0.717) is 11.0 Å². The minimum Gasteiger partial charge on any atom is -0.478 e. The average Bonchev–Trinajstić information content (AvgIpc) is 2.90. The van der Waals surface area contributed by atoms with Gasteiger partial charge in [0.05, 0.1) is 17.8 Å². The second-order valence-corrected chi connectivity index (χ2v) is 4.49. The van der Waals surface area contributed by atoms with Gasteiger partial charge in [-0.1, -0.05) is 0 Å². The van der Waals surface area contributed by atoms with Crippen LogP contribution < -0.4 is 0 Å². The fraction of sp³-hybridized carbons (Fsp3) is 0.143. The number of carbonyl (C=O) groups is 1. The summed E-state index contributed by atoms with van der Waals surface area (Å²) in [4.78, 5) is 19.1. The number of fused-ring (bicyclic) bond motifs is 1. The second-order valence-electron chi connectivity index (χ2n) is 4.49. The van der Waals surface area contributed by atoms with E-state index in [1.54, 1.807) is 29.3 Å². The highest BCUT2D eigenvalue weighted by molar-refractivity contribution is 5.91. The van der Waals surface area contributed by atoms with Gasteiger partial charge in [-0.25, -0.2) is 14.5 Å². The Morgan fingerprint density at radius 3 is 2.75 bits per heavy atom. The van der Waals surface area contributed by atoms with Gasteiger partial charge in [-0.05, 0) is 30.7 Å². The van der Waals surface area contributed by atoms with Gasteiger partial charge >= 0.3 is 5.97 Å². The lowest BCUT2D eigenvalue weighted by Gasteiger charge is -2.12. The molecule has 0 radical (unpaired) electrons. The summed E-state index contributed by atoms with van der Waals surface area (Å²) >= 11 is 0. The Hall–Kier alpha value is -2.76. The number of rotatable bonds is 3. The van der Waals surface area contributed by atoms with Gasteiger partial charge in [0.25, 0.3) is 0 Å². The molecule has 0 saturated carbocycles. The molecule has 0 aromatic carbocycles. The number of hydrogen-bond donors (Lipinski definition) is 1. The van der Waals surface area contributed by atoms with Crippen LogP contribution in [-0.2, 0) is 0 Å². The Morgan fingerprint density at radius 1 is 1.30 bits per heavy atom. The molecule has 0 aliphatic heterocycles. The van der Waals surface area contributed by atoms with Crippen LogP contribution >= 0.6 is 0 Å². The SMILES string of the molecule is CC(c1ccncc1)n1ncc2cc(C(=O)O)cnc21. The first kappa shape index (κ1) is 12.3. The molecule has 3 aromatic rings. The second kappa shape index (κ2) is 4.73. The van der Waals surface area contributed by atoms with Crippen LogP contribution in [0.3, 0.4) is 0 Å². The molecule has 0 bridgehead atoms. The third-order valence-electron chi connectivity index (χ3n) is 3.24. The molecule has 100 valence electrons. The Kier molecular flexibility index (Phi) is 2.90. The molecule has 0 aliphatic rings. The summed E-state index contributed by atoms with van der Waals surface area (Å²) in [7, 11) is 0. The van der Waals surface area contributed by atoms with E-state index in [0.717, 1.165) is 5.56 Å². The van der Waals surface area contributed by atoms with Crippen molar-refractivity contribution in [1.82, 2.24) is 19.7 Å². The summed E-state index contributed by atoms with van der Waals surface area (Å²) in [6.07, 6.45) is 6.44. The summed E-state index contributed by atoms with van der Waals surface area (Å²) in [6.45, 7) is 2.01. The van der Waals surface area contributed by atoms with Gasteiger partial charge in [-0.3, -0.25) is 4.98 Å². The number of carboxylic acids is 1. The fourth-order valence-corrected chi connectivity index (χ4v) is 2.12. The quantitative estimate of drug-likeness (QED) is 0.787. The first-order valence-corrected chi connectivity index (χ1v) is 6.13. The third kappa shape index (κ3) is 2.01. The Bertz CT molecular complexity index is 767. The van der Waals surface area contributed by atoms with Crippen LogP contribution in [0.25, 0.3) is 11.0 Å². The van der Waals surface area contributed by atoms with Crippen molar-refractivity contribution in [3.63, 3.8) is 0 Å². The Balaban J connectivity index is 2.07. The zero-order valence-corrected chi connectivity index (χ0v) is 10.8. The lowest BCUT2D eigenvalue weighted by atomic mass is 10.1. The van der Waals surface area contributed by atoms with E-state index in [1.165, 1.54) is 6.20 Å². The molecule has 3 aromatic heterocycles. The van der Waals surface area contributed by atoms with E-state index in [9.17, 15) is 4.79 Å². The first-order chi connectivity index (χ1) is 9.66. The molecular weight excluding hydrogens is 256 g/mol. The molecule has 6 heteroatoms. The zero-order chi connectivity index (χ0) is 14.1. The van der Waals surface area contributed by atoms with Gasteiger partial charge in [0, 0.05) is 24.0 Å². The number of aromatic nitrogens is 4. The summed E-state index contributed by atoms with van der Waals surface area (Å²) in [5.41, 5.74) is 1.89. The minimum absolute atomic E-state index is 0.00122. The van der Waals surface area contributed by atoms with Gasteiger partial charge in [0.2, 0.25) is 0 Å². The largest absolute Gasteiger partial charge is 0.478 e. The smallest absolute Gasteiger partial charge is 0.337 e. The molecule has 0 amide bonds. The van der Waals surface area contributed by atoms with E-state index in [2.05, 4.69) is 15.1 Å². The van der Waals surface area contributed by atoms with Gasteiger partial charge in [-0.15, -0.1) is 0 Å². The van der Waals surface area contributed by atoms with E-state index in [-0.39, 0.29) is 11.6 Å². The van der Waals surface area contributed by atoms with Crippen LogP contribution in [0.1, 0.15) is 28.9 Å². The average molecular weight is 268 g/mol. The monoisotopic (exact) mass is 268 g/mol. The van der Waals surface area contributed by atoms with Crippen molar-refractivity contribution in [3.05, 3.63) is 54.1 Å². The third-order valence-corrected chi connectivity index (χ3v) is 3.24. The van der Waals surface area contributed by atoms with Gasteiger partial charge in [0.15, 0.2) is 5.65 Å². The minimum atomic E-state index is -0.991. The lowest BCUT2D eigenvalue weighted by molar-refractivity contribution is 0.0696. The Morgan fingerprint density at radius 2 is 2.05 bits per heavy atom. The van der Waals surface area contributed by atoms with Crippen LogP contribution in [0, 0.1) is 0 Å². The van der Waals surface area contributed by atoms with Gasteiger partial charge in [0.1, 0.15) is 0 Å². The predicted molar refractivity (Wildman–Crippen MR) is 72.5 cm³/mol. The molecule has 1 atom stereocenters. The highest BCUT2D eigenvalue weighted by Crippen LogP contribution is 2.21. The lowest BCUT2D eigenvalue weighted by Crippen LogP contribution is -2.09. The maximum absolute atomic E-state index is 10.9. The van der Waals surface area contributed by atoms with Crippen LogP contribution in [0.15, 0.2) is 43.0 Å². The van der Waals surface area contributed by atoms with Crippen molar-refractivity contribution in [2.75, 3.05) is 0 Å². The van der Waals surface area contributed by atoms with Crippen LogP contribution in [0.4, 0.5) is 0 Å². The summed E-state index contributed by atoms with van der Waals surface area (Å²) in [6, 6.07) is 5.42. The number of carboxylic acid groups (broad SMARTS) is 1. The number of pyridine rings is 2.